The van der Waals surface area contributed by atoms with Gasteiger partial charge in [-0.1, -0.05) is 0 Å². The Balaban J connectivity index is -0.000000405. The number of carboxylic acid groups (broad SMARTS) is 1. The molecule has 0 rings (SSSR count). The Kier molecular flexibility index (Phi) is 13.8. The van der Waals surface area contributed by atoms with Crippen LogP contribution in [-0.4, -0.2) is 60.8 Å². The number of carboxylic acids is 1. The average Bonchev–Trinajstić information content (AvgIpc) is 1.82. The van der Waals surface area contributed by atoms with E-state index in [2.05, 4.69) is 0 Å². The van der Waals surface area contributed by atoms with Gasteiger partial charge in [0.25, 0.3) is 0 Å². The molecular formula is C5H10CaN2O4. The van der Waals surface area contributed by atoms with Crippen LogP contribution in [0.25, 0.3) is 0 Å². The molecule has 0 fully saturated rings. The zero-order valence-corrected chi connectivity index (χ0v) is 8.73. The summed E-state index contributed by atoms with van der Waals surface area (Å²) in [6.45, 7) is 0. The predicted molar refractivity (Wildman–Crippen MR) is 40.5 cm³/mol. The number of carbonyl (C=O) groups is 2. The van der Waals surface area contributed by atoms with E-state index in [9.17, 15) is 9.59 Å². The van der Waals surface area contributed by atoms with Crippen molar-refractivity contribution in [2.45, 2.75) is 18.9 Å². The summed E-state index contributed by atoms with van der Waals surface area (Å²) in [6, 6.07) is -0.979. The molecule has 0 aromatic rings. The van der Waals surface area contributed by atoms with E-state index in [4.69, 9.17) is 16.6 Å². The second-order valence-corrected chi connectivity index (χ2v) is 1.95. The van der Waals surface area contributed by atoms with Crippen molar-refractivity contribution in [3.63, 3.8) is 0 Å². The molecular weight excluding hydrogens is 192 g/mol. The van der Waals surface area contributed by atoms with E-state index >= 15 is 0 Å². The molecule has 0 bridgehead atoms. The van der Waals surface area contributed by atoms with Gasteiger partial charge in [-0.25, -0.2) is 0 Å². The fraction of sp³-hybridized carbons (Fsp3) is 0.600. The largest absolute Gasteiger partial charge is 2.00 e. The predicted octanol–water partition coefficient (Wildman–Crippen LogP) is -1.84. The number of primary amides is 1. The maximum Gasteiger partial charge on any atom is 2.00 e. The molecule has 0 unspecified atom stereocenters. The fourth-order valence-corrected chi connectivity index (χ4v) is 0.421. The Morgan fingerprint density at radius 3 is 2.08 bits per heavy atom. The van der Waals surface area contributed by atoms with Crippen molar-refractivity contribution in [2.75, 3.05) is 0 Å². The molecule has 0 aliphatic carbocycles. The van der Waals surface area contributed by atoms with Gasteiger partial charge in [0.05, 0.1) is 0 Å². The van der Waals surface area contributed by atoms with Crippen molar-refractivity contribution in [3.05, 3.63) is 0 Å². The van der Waals surface area contributed by atoms with Crippen LogP contribution in [0.15, 0.2) is 0 Å². The smallest absolute Gasteiger partial charge is 2.00 e. The normalized spacial score (nSPS) is 10.4. The Labute approximate surface area is 99.6 Å². The van der Waals surface area contributed by atoms with Gasteiger partial charge in [-0.3, -0.25) is 9.59 Å². The van der Waals surface area contributed by atoms with E-state index < -0.39 is 17.9 Å². The van der Waals surface area contributed by atoms with Crippen LogP contribution in [0.2, 0.25) is 0 Å². The molecule has 0 saturated carbocycles. The Morgan fingerprint density at radius 2 is 1.83 bits per heavy atom. The molecule has 0 heterocycles. The van der Waals surface area contributed by atoms with Crippen molar-refractivity contribution < 1.29 is 20.2 Å². The van der Waals surface area contributed by atoms with Gasteiger partial charge in [0.1, 0.15) is 6.04 Å². The Hall–Kier alpha value is 0.120. The van der Waals surface area contributed by atoms with Gasteiger partial charge in [0, 0.05) is 6.42 Å². The number of nitrogens with two attached hydrogens (primary N) is 2. The first kappa shape index (κ1) is 18.0. The molecule has 0 saturated heterocycles. The summed E-state index contributed by atoms with van der Waals surface area (Å²) in [6.07, 6.45) is 0.123. The minimum Gasteiger partial charge on any atom is -2.00 e. The van der Waals surface area contributed by atoms with Crippen LogP contribution in [0, 0.1) is 0 Å². The molecule has 0 radical (unpaired) electrons. The molecule has 6 nitrogen and oxygen atoms in total. The number of rotatable bonds is 4. The monoisotopic (exact) mass is 202 g/mol. The quantitative estimate of drug-likeness (QED) is 0.462. The second kappa shape index (κ2) is 9.21. The van der Waals surface area contributed by atoms with Crippen molar-refractivity contribution in [1.82, 2.24) is 0 Å². The molecule has 0 aromatic heterocycles. The summed E-state index contributed by atoms with van der Waals surface area (Å²) >= 11 is 0. The number of hydrogen-bond acceptors (Lipinski definition) is 3. The van der Waals surface area contributed by atoms with Crippen molar-refractivity contribution in [2.24, 2.45) is 11.5 Å². The third-order valence-electron chi connectivity index (χ3n) is 1.02. The average molecular weight is 202 g/mol. The second-order valence-electron chi connectivity index (χ2n) is 1.95. The van der Waals surface area contributed by atoms with Gasteiger partial charge in [0.2, 0.25) is 5.91 Å². The minimum atomic E-state index is -1.11. The molecule has 0 aliphatic rings. The number of amides is 1. The topological polar surface area (TPSA) is 135 Å². The van der Waals surface area contributed by atoms with Crippen LogP contribution in [0.4, 0.5) is 0 Å². The van der Waals surface area contributed by atoms with E-state index in [-0.39, 0.29) is 56.1 Å². The summed E-state index contributed by atoms with van der Waals surface area (Å²) in [4.78, 5) is 20.1. The van der Waals surface area contributed by atoms with Crippen molar-refractivity contribution >= 4 is 49.6 Å². The fourth-order valence-electron chi connectivity index (χ4n) is 0.421. The molecule has 1 atom stereocenters. The van der Waals surface area contributed by atoms with E-state index in [1.165, 1.54) is 0 Å². The first-order valence-corrected chi connectivity index (χ1v) is 2.80. The number of carbonyl (C=O) groups excluding carboxylic acids is 1. The summed E-state index contributed by atoms with van der Waals surface area (Å²) < 4.78 is 0. The Morgan fingerprint density at radius 1 is 1.42 bits per heavy atom. The maximum atomic E-state index is 10.1. The van der Waals surface area contributed by atoms with Gasteiger partial charge in [-0.2, -0.15) is 0 Å². The summed E-state index contributed by atoms with van der Waals surface area (Å²) in [5.41, 5.74) is 9.81. The zero-order chi connectivity index (χ0) is 8.15. The van der Waals surface area contributed by atoms with E-state index in [1.807, 2.05) is 0 Å². The number of hydrogen-bond donors (Lipinski definition) is 3. The number of aliphatic carboxylic acids is 1. The summed E-state index contributed by atoms with van der Waals surface area (Å²) in [5.74, 6) is -1.64. The molecule has 12 heavy (non-hydrogen) atoms. The third kappa shape index (κ3) is 10.1. The first-order chi connectivity index (χ1) is 4.54. The molecule has 66 valence electrons. The minimum absolute atomic E-state index is 0. The van der Waals surface area contributed by atoms with Crippen molar-refractivity contribution in [3.8, 4) is 0 Å². The van der Waals surface area contributed by atoms with Crippen LogP contribution >= 0.6 is 0 Å². The van der Waals surface area contributed by atoms with Gasteiger partial charge >= 0.3 is 43.7 Å². The third-order valence-corrected chi connectivity index (χ3v) is 1.02. The van der Waals surface area contributed by atoms with E-state index in [0.717, 1.165) is 0 Å². The Bertz CT molecular complexity index is 152. The van der Waals surface area contributed by atoms with Crippen LogP contribution in [0.5, 0.6) is 0 Å². The van der Waals surface area contributed by atoms with E-state index in [0.29, 0.717) is 0 Å². The van der Waals surface area contributed by atoms with Crippen LogP contribution in [-0.2, 0) is 15.1 Å². The van der Waals surface area contributed by atoms with Gasteiger partial charge in [-0.15, -0.1) is 0 Å². The van der Waals surface area contributed by atoms with Crippen LogP contribution < -0.4 is 11.5 Å². The molecule has 5 N–H and O–H groups in total. The molecule has 7 heteroatoms. The van der Waals surface area contributed by atoms with Gasteiger partial charge in [-0.05, 0) is 6.42 Å². The SMILES string of the molecule is NC(=O)CC[C@H](N)C(=O)O.[Ca+2].[O-2]. The molecule has 1 amide bonds. The molecule has 0 aromatic carbocycles. The van der Waals surface area contributed by atoms with Gasteiger partial charge < -0.3 is 22.1 Å². The van der Waals surface area contributed by atoms with E-state index in [1.54, 1.807) is 0 Å². The summed E-state index contributed by atoms with van der Waals surface area (Å²) in [5, 5.41) is 8.22. The maximum absolute atomic E-state index is 10.1. The van der Waals surface area contributed by atoms with Gasteiger partial charge in [0.15, 0.2) is 0 Å². The molecule has 0 aliphatic heterocycles. The first-order valence-electron chi connectivity index (χ1n) is 2.80. The molecule has 0 spiro atoms. The standard InChI is InChI=1S/C5H10N2O3.Ca.O/c6-3(5(9)10)1-2-4(7)8;;/h3H,1-2,6H2,(H2,7,8)(H,9,10);;/q;+2;-2/t3-;;/m0../s1. The summed E-state index contributed by atoms with van der Waals surface area (Å²) in [7, 11) is 0. The van der Waals surface area contributed by atoms with Crippen LogP contribution in [0.1, 0.15) is 12.8 Å². The zero-order valence-electron chi connectivity index (χ0n) is 6.53. The van der Waals surface area contributed by atoms with Crippen molar-refractivity contribution in [1.29, 1.82) is 0 Å². The van der Waals surface area contributed by atoms with Crippen LogP contribution in [0.3, 0.4) is 0 Å².